The average molecular weight is 311 g/mol. The van der Waals surface area contributed by atoms with Gasteiger partial charge in [-0.25, -0.2) is 9.97 Å². The van der Waals surface area contributed by atoms with E-state index < -0.39 is 0 Å². The van der Waals surface area contributed by atoms with Crippen molar-refractivity contribution in [2.24, 2.45) is 0 Å². The molecule has 0 spiro atoms. The van der Waals surface area contributed by atoms with Crippen LogP contribution in [0.2, 0.25) is 0 Å². The maximum absolute atomic E-state index is 4.70. The molecule has 0 radical (unpaired) electrons. The second-order valence-corrected chi connectivity index (χ2v) is 6.11. The highest BCUT2D eigenvalue weighted by molar-refractivity contribution is 5.78. The van der Waals surface area contributed by atoms with Gasteiger partial charge in [0.15, 0.2) is 0 Å². The van der Waals surface area contributed by atoms with Crippen LogP contribution in [0.5, 0.6) is 0 Å². The van der Waals surface area contributed by atoms with Crippen LogP contribution in [0.1, 0.15) is 31.1 Å². The molecule has 0 aliphatic rings. The Kier molecular flexibility index (Phi) is 4.76. The minimum absolute atomic E-state index is 0.403. The zero-order chi connectivity index (χ0) is 16.2. The number of nitrogens with zero attached hydrogens (tertiary/aromatic N) is 3. The van der Waals surface area contributed by atoms with Crippen LogP contribution in [-0.4, -0.2) is 32.1 Å². The number of para-hydroxylation sites is 1. The van der Waals surface area contributed by atoms with Gasteiger partial charge in [-0.1, -0.05) is 19.1 Å². The normalized spacial score (nSPS) is 12.8. The number of H-pyrrole nitrogens is 1. The zero-order valence-corrected chi connectivity index (χ0v) is 14.1. The molecular formula is C18H25N5. The van der Waals surface area contributed by atoms with E-state index in [1.165, 1.54) is 5.56 Å². The molecule has 0 bridgehead atoms. The lowest BCUT2D eigenvalue weighted by Crippen LogP contribution is -2.32. The van der Waals surface area contributed by atoms with Crippen LogP contribution < -0.4 is 5.32 Å². The van der Waals surface area contributed by atoms with E-state index >= 15 is 0 Å². The van der Waals surface area contributed by atoms with Crippen LogP contribution in [0.15, 0.2) is 30.6 Å². The minimum Gasteiger partial charge on any atom is -0.342 e. The van der Waals surface area contributed by atoms with Crippen molar-refractivity contribution in [2.75, 3.05) is 6.54 Å². The van der Waals surface area contributed by atoms with E-state index in [4.69, 9.17) is 4.98 Å². The van der Waals surface area contributed by atoms with Crippen molar-refractivity contribution in [3.05, 3.63) is 47.8 Å². The summed E-state index contributed by atoms with van der Waals surface area (Å²) in [5.74, 6) is 2.19. The molecule has 5 heteroatoms. The third-order valence-electron chi connectivity index (χ3n) is 4.21. The predicted molar refractivity (Wildman–Crippen MR) is 93.6 cm³/mol. The number of imidazole rings is 2. The van der Waals surface area contributed by atoms with Gasteiger partial charge >= 0.3 is 0 Å². The Bertz CT molecular complexity index is 771. The molecule has 0 aliphatic carbocycles. The van der Waals surface area contributed by atoms with Gasteiger partial charge in [0.1, 0.15) is 11.6 Å². The molecule has 2 N–H and O–H groups in total. The van der Waals surface area contributed by atoms with E-state index in [2.05, 4.69) is 65.0 Å². The number of aromatic nitrogens is 4. The number of rotatable bonds is 7. The third kappa shape index (κ3) is 3.62. The first kappa shape index (κ1) is 15.7. The van der Waals surface area contributed by atoms with Crippen molar-refractivity contribution in [3.63, 3.8) is 0 Å². The summed E-state index contributed by atoms with van der Waals surface area (Å²) in [6.45, 7) is 8.31. The van der Waals surface area contributed by atoms with Crippen molar-refractivity contribution >= 4 is 11.0 Å². The Hall–Kier alpha value is -2.14. The van der Waals surface area contributed by atoms with Crippen LogP contribution in [0.25, 0.3) is 11.0 Å². The van der Waals surface area contributed by atoms with Crippen molar-refractivity contribution < 1.29 is 0 Å². The second kappa shape index (κ2) is 6.96. The smallest absolute Gasteiger partial charge is 0.108 e. The first-order valence-corrected chi connectivity index (χ1v) is 8.35. The fraction of sp³-hybridized carbons (Fsp3) is 0.444. The van der Waals surface area contributed by atoms with Crippen molar-refractivity contribution in [2.45, 2.75) is 46.2 Å². The molecule has 122 valence electrons. The summed E-state index contributed by atoms with van der Waals surface area (Å²) >= 11 is 0. The van der Waals surface area contributed by atoms with E-state index in [0.29, 0.717) is 6.04 Å². The highest BCUT2D eigenvalue weighted by Crippen LogP contribution is 2.15. The maximum atomic E-state index is 4.70. The molecule has 23 heavy (non-hydrogen) atoms. The molecule has 0 amide bonds. The molecule has 0 fully saturated rings. The molecule has 0 saturated carbocycles. The van der Waals surface area contributed by atoms with Crippen molar-refractivity contribution in [3.8, 4) is 0 Å². The van der Waals surface area contributed by atoms with Gasteiger partial charge in [0, 0.05) is 44.4 Å². The van der Waals surface area contributed by atoms with Crippen LogP contribution in [-0.2, 0) is 19.4 Å². The quantitative estimate of drug-likeness (QED) is 0.705. The number of fused-ring (bicyclic) bond motifs is 1. The molecule has 2 aromatic heterocycles. The number of aromatic amines is 1. The molecule has 0 aliphatic heterocycles. The molecule has 1 aromatic carbocycles. The monoisotopic (exact) mass is 311 g/mol. The Labute approximate surface area is 137 Å². The average Bonchev–Trinajstić information content (AvgIpc) is 3.14. The van der Waals surface area contributed by atoms with E-state index in [9.17, 15) is 0 Å². The van der Waals surface area contributed by atoms with Crippen molar-refractivity contribution in [1.29, 1.82) is 0 Å². The molecule has 1 atom stereocenters. The lowest BCUT2D eigenvalue weighted by atomic mass is 10.2. The van der Waals surface area contributed by atoms with Gasteiger partial charge in [-0.3, -0.25) is 0 Å². The molecule has 1 unspecified atom stereocenters. The Morgan fingerprint density at radius 1 is 1.35 bits per heavy atom. The summed E-state index contributed by atoms with van der Waals surface area (Å²) in [7, 11) is 0. The van der Waals surface area contributed by atoms with Gasteiger partial charge in [-0.05, 0) is 25.5 Å². The number of hydrogen-bond donors (Lipinski definition) is 2. The summed E-state index contributed by atoms with van der Waals surface area (Å²) in [5, 5.41) is 3.57. The summed E-state index contributed by atoms with van der Waals surface area (Å²) in [6, 6.07) is 6.65. The van der Waals surface area contributed by atoms with Crippen molar-refractivity contribution in [1.82, 2.24) is 24.8 Å². The van der Waals surface area contributed by atoms with Gasteiger partial charge in [0.25, 0.3) is 0 Å². The zero-order valence-electron chi connectivity index (χ0n) is 14.1. The van der Waals surface area contributed by atoms with E-state index in [-0.39, 0.29) is 0 Å². The van der Waals surface area contributed by atoms with E-state index in [0.717, 1.165) is 48.6 Å². The lowest BCUT2D eigenvalue weighted by molar-refractivity contribution is 0.469. The molecular weight excluding hydrogens is 286 g/mol. The number of nitrogens with one attached hydrogen (secondary N) is 2. The van der Waals surface area contributed by atoms with Gasteiger partial charge in [0.05, 0.1) is 11.0 Å². The minimum atomic E-state index is 0.403. The fourth-order valence-corrected chi connectivity index (χ4v) is 2.96. The Balaban J connectivity index is 1.53. The predicted octanol–water partition coefficient (Wildman–Crippen LogP) is 2.85. The molecule has 3 rings (SSSR count). The van der Waals surface area contributed by atoms with Crippen LogP contribution in [0.4, 0.5) is 0 Å². The summed E-state index contributed by atoms with van der Waals surface area (Å²) in [5.41, 5.74) is 3.43. The highest BCUT2D eigenvalue weighted by atomic mass is 15.1. The third-order valence-corrected chi connectivity index (χ3v) is 4.21. The van der Waals surface area contributed by atoms with Gasteiger partial charge in [-0.2, -0.15) is 0 Å². The first-order chi connectivity index (χ1) is 11.2. The second-order valence-electron chi connectivity index (χ2n) is 6.11. The summed E-state index contributed by atoms with van der Waals surface area (Å²) in [6.07, 6.45) is 5.81. The Morgan fingerprint density at radius 3 is 3.00 bits per heavy atom. The van der Waals surface area contributed by atoms with Crippen LogP contribution in [0.3, 0.4) is 0 Å². The summed E-state index contributed by atoms with van der Waals surface area (Å²) < 4.78 is 2.22. The van der Waals surface area contributed by atoms with E-state index in [1.807, 2.05) is 6.20 Å². The molecule has 0 saturated heterocycles. The van der Waals surface area contributed by atoms with E-state index in [1.54, 1.807) is 0 Å². The highest BCUT2D eigenvalue weighted by Gasteiger charge is 2.08. The largest absolute Gasteiger partial charge is 0.342 e. The summed E-state index contributed by atoms with van der Waals surface area (Å²) in [4.78, 5) is 12.5. The topological polar surface area (TPSA) is 58.5 Å². The Morgan fingerprint density at radius 2 is 2.22 bits per heavy atom. The fourth-order valence-electron chi connectivity index (χ4n) is 2.96. The first-order valence-electron chi connectivity index (χ1n) is 8.35. The number of hydrogen-bond acceptors (Lipinski definition) is 3. The molecule has 5 nitrogen and oxygen atoms in total. The van der Waals surface area contributed by atoms with Crippen LogP contribution >= 0.6 is 0 Å². The maximum Gasteiger partial charge on any atom is 0.108 e. The van der Waals surface area contributed by atoms with Gasteiger partial charge in [0.2, 0.25) is 0 Å². The molecule has 3 aromatic rings. The standard InChI is InChI=1S/C18H25N5/c1-4-17-20-10-11-23(17)12-14(3)19-9-8-16-21-15-7-5-6-13(2)18(15)22-16/h5-7,10-11,14,19H,4,8-9,12H2,1-3H3,(H,21,22). The van der Waals surface area contributed by atoms with Gasteiger partial charge in [-0.15, -0.1) is 0 Å². The SMILES string of the molecule is CCc1nccn1CC(C)NCCc1nc2c(C)cccc2[nH]1. The molecule has 2 heterocycles. The lowest BCUT2D eigenvalue weighted by Gasteiger charge is -2.15. The number of aryl methyl sites for hydroxylation is 2. The van der Waals surface area contributed by atoms with Gasteiger partial charge < -0.3 is 14.9 Å². The van der Waals surface area contributed by atoms with Crippen LogP contribution in [0, 0.1) is 6.92 Å². The number of benzene rings is 1.